The number of anilines is 2. The summed E-state index contributed by atoms with van der Waals surface area (Å²) in [6, 6.07) is 26.2. The van der Waals surface area contributed by atoms with Gasteiger partial charge in [0, 0.05) is 41.5 Å². The molecule has 0 bridgehead atoms. The molecule has 2 heterocycles. The fraction of sp³-hybridized carbons (Fsp3) is 0.176. The van der Waals surface area contributed by atoms with Crippen molar-refractivity contribution in [3.05, 3.63) is 126 Å². The van der Waals surface area contributed by atoms with Crippen molar-refractivity contribution in [3.8, 4) is 11.4 Å². The molecule has 3 N–H and O–H groups in total. The molecule has 0 aliphatic rings. The van der Waals surface area contributed by atoms with Crippen molar-refractivity contribution in [2.24, 2.45) is 0 Å². The highest BCUT2D eigenvalue weighted by Gasteiger charge is 2.22. The second kappa shape index (κ2) is 13.7. The Balaban J connectivity index is 1.25. The van der Waals surface area contributed by atoms with Crippen LogP contribution in [-0.4, -0.2) is 41.7 Å². The zero-order valence-corrected chi connectivity index (χ0v) is 26.4. The highest BCUT2D eigenvalue weighted by atomic mass is 32.2. The summed E-state index contributed by atoms with van der Waals surface area (Å²) in [5.41, 5.74) is 2.81. The number of pyridine rings is 1. The highest BCUT2D eigenvalue weighted by Crippen LogP contribution is 2.27. The first-order valence-electron chi connectivity index (χ1n) is 14.5. The molecule has 0 saturated heterocycles. The molecule has 5 aromatic rings. The van der Waals surface area contributed by atoms with Crippen LogP contribution in [0.3, 0.4) is 0 Å². The van der Waals surface area contributed by atoms with Crippen LogP contribution in [-0.2, 0) is 21.9 Å². The van der Waals surface area contributed by atoms with E-state index in [1.54, 1.807) is 77.7 Å². The molecule has 3 aromatic carbocycles. The summed E-state index contributed by atoms with van der Waals surface area (Å²) in [6.45, 7) is 6.52. The lowest BCUT2D eigenvalue weighted by Gasteiger charge is -2.14. The summed E-state index contributed by atoms with van der Waals surface area (Å²) in [5, 5.41) is 10.4. The summed E-state index contributed by atoms with van der Waals surface area (Å²) >= 11 is 0. The largest absolute Gasteiger partial charge is 0.493 e. The monoisotopic (exact) mass is 638 g/mol. The van der Waals surface area contributed by atoms with Gasteiger partial charge in [-0.1, -0.05) is 39.0 Å². The van der Waals surface area contributed by atoms with Crippen molar-refractivity contribution >= 4 is 33.5 Å². The fourth-order valence-electron chi connectivity index (χ4n) is 4.38. The minimum absolute atomic E-state index is 0.0125. The van der Waals surface area contributed by atoms with Gasteiger partial charge in [-0.05, 0) is 78.4 Å². The number of nitrogens with zero attached hydrogens (tertiary/aromatic N) is 3. The Morgan fingerprint density at radius 1 is 0.848 bits per heavy atom. The molecule has 0 aliphatic heterocycles. The Morgan fingerprint density at radius 2 is 1.52 bits per heavy atom. The van der Waals surface area contributed by atoms with E-state index in [1.165, 1.54) is 24.3 Å². The van der Waals surface area contributed by atoms with Gasteiger partial charge >= 0.3 is 6.03 Å². The maximum absolute atomic E-state index is 13.0. The van der Waals surface area contributed by atoms with E-state index in [4.69, 9.17) is 9.84 Å². The number of rotatable bonds is 10. The Morgan fingerprint density at radius 3 is 2.17 bits per heavy atom. The van der Waals surface area contributed by atoms with Gasteiger partial charge in [0.25, 0.3) is 15.9 Å². The predicted octanol–water partition coefficient (Wildman–Crippen LogP) is 5.95. The number of carbonyl (C=O) groups is 2. The molecule has 3 amide bonds. The Kier molecular flexibility index (Phi) is 9.47. The zero-order chi connectivity index (χ0) is 32.7. The third-order valence-corrected chi connectivity index (χ3v) is 8.24. The molecule has 11 nitrogen and oxygen atoms in total. The molecule has 0 radical (unpaired) electrons. The number of hydrogen-bond donors (Lipinski definition) is 3. The van der Waals surface area contributed by atoms with Crippen LogP contribution in [0.2, 0.25) is 0 Å². The summed E-state index contributed by atoms with van der Waals surface area (Å²) in [6.07, 6.45) is 4.25. The summed E-state index contributed by atoms with van der Waals surface area (Å²) in [4.78, 5) is 29.8. The molecule has 0 unspecified atom stereocenters. The number of benzene rings is 3. The first kappa shape index (κ1) is 31.9. The van der Waals surface area contributed by atoms with Crippen LogP contribution in [0.5, 0.6) is 5.75 Å². The maximum Gasteiger partial charge on any atom is 0.324 e. The predicted molar refractivity (Wildman–Crippen MR) is 176 cm³/mol. The van der Waals surface area contributed by atoms with Crippen molar-refractivity contribution in [1.82, 2.24) is 19.5 Å². The number of carbonyl (C=O) groups excluding carboxylic acids is 2. The molecule has 0 fully saturated rings. The summed E-state index contributed by atoms with van der Waals surface area (Å²) in [7, 11) is -4.03. The Bertz CT molecular complexity index is 1900. The molecule has 0 atom stereocenters. The molecule has 236 valence electrons. The van der Waals surface area contributed by atoms with Gasteiger partial charge in [-0.3, -0.25) is 15.1 Å². The van der Waals surface area contributed by atoms with Crippen LogP contribution in [0.15, 0.2) is 114 Å². The second-order valence-corrected chi connectivity index (χ2v) is 13.1. The van der Waals surface area contributed by atoms with Gasteiger partial charge in [-0.15, -0.1) is 0 Å². The second-order valence-electron chi connectivity index (χ2n) is 11.4. The van der Waals surface area contributed by atoms with E-state index < -0.39 is 22.0 Å². The molecule has 2 aromatic heterocycles. The third-order valence-electron chi connectivity index (χ3n) is 6.90. The fourth-order valence-corrected chi connectivity index (χ4v) is 5.37. The third kappa shape index (κ3) is 8.16. The molecular formula is C34H34N6O5S. The number of urea groups is 1. The number of ether oxygens (including phenoxy) is 1. The van der Waals surface area contributed by atoms with Crippen molar-refractivity contribution in [2.75, 3.05) is 17.2 Å². The molecule has 5 rings (SSSR count). The van der Waals surface area contributed by atoms with E-state index in [-0.39, 0.29) is 15.9 Å². The van der Waals surface area contributed by atoms with E-state index in [0.717, 1.165) is 17.7 Å². The molecular weight excluding hydrogens is 604 g/mol. The van der Waals surface area contributed by atoms with Crippen molar-refractivity contribution in [3.63, 3.8) is 0 Å². The first-order chi connectivity index (χ1) is 22.0. The molecule has 0 aliphatic carbocycles. The Hall–Kier alpha value is -5.49. The van der Waals surface area contributed by atoms with Crippen molar-refractivity contribution in [2.45, 2.75) is 37.5 Å². The van der Waals surface area contributed by atoms with Crippen molar-refractivity contribution < 1.29 is 22.7 Å². The normalized spacial score (nSPS) is 11.5. The lowest BCUT2D eigenvalue weighted by atomic mass is 9.92. The molecule has 12 heteroatoms. The van der Waals surface area contributed by atoms with Crippen LogP contribution >= 0.6 is 0 Å². The van der Waals surface area contributed by atoms with E-state index in [0.29, 0.717) is 29.5 Å². The lowest BCUT2D eigenvalue weighted by Crippen LogP contribution is -2.30. The maximum atomic E-state index is 13.0. The quantitative estimate of drug-likeness (QED) is 0.172. The zero-order valence-electron chi connectivity index (χ0n) is 25.6. The van der Waals surface area contributed by atoms with Gasteiger partial charge in [-0.25, -0.2) is 22.6 Å². The van der Waals surface area contributed by atoms with Gasteiger partial charge < -0.3 is 10.1 Å². The molecule has 46 heavy (non-hydrogen) atoms. The minimum Gasteiger partial charge on any atom is -0.493 e. The van der Waals surface area contributed by atoms with E-state index in [9.17, 15) is 18.0 Å². The van der Waals surface area contributed by atoms with Crippen LogP contribution in [0.4, 0.5) is 16.3 Å². The van der Waals surface area contributed by atoms with E-state index in [1.807, 2.05) is 32.9 Å². The number of nitrogens with one attached hydrogen (secondary N) is 3. The number of aromatic nitrogens is 3. The van der Waals surface area contributed by atoms with Crippen LogP contribution < -0.4 is 20.1 Å². The van der Waals surface area contributed by atoms with E-state index in [2.05, 4.69) is 20.3 Å². The topological polar surface area (TPSA) is 144 Å². The minimum atomic E-state index is -4.03. The summed E-state index contributed by atoms with van der Waals surface area (Å²) < 4.78 is 34.6. The van der Waals surface area contributed by atoms with E-state index >= 15 is 0 Å². The number of amides is 3. The van der Waals surface area contributed by atoms with Gasteiger partial charge in [0.05, 0.1) is 22.9 Å². The highest BCUT2D eigenvalue weighted by molar-refractivity contribution is 7.90. The summed E-state index contributed by atoms with van der Waals surface area (Å²) in [5.74, 6) is 0.319. The van der Waals surface area contributed by atoms with Crippen LogP contribution in [0.25, 0.3) is 5.69 Å². The lowest BCUT2D eigenvalue weighted by molar-refractivity contribution is 0.0981. The SMILES string of the molecule is CC(C)(C)c1cc(NC(=O)Nc2ccc(OCCc3ccncc3)cc2)n(-c2ccc(C(=O)NS(=O)(=O)c3ccccc3)cc2)n1. The number of hydrogen-bond acceptors (Lipinski definition) is 7. The van der Waals surface area contributed by atoms with Gasteiger partial charge in [0.2, 0.25) is 0 Å². The van der Waals surface area contributed by atoms with Crippen molar-refractivity contribution in [1.29, 1.82) is 0 Å². The smallest absolute Gasteiger partial charge is 0.324 e. The average molecular weight is 639 g/mol. The van der Waals surface area contributed by atoms with Gasteiger partial charge in [-0.2, -0.15) is 5.10 Å². The average Bonchev–Trinajstić information content (AvgIpc) is 3.47. The Labute approximate surface area is 267 Å². The van der Waals surface area contributed by atoms with Gasteiger partial charge in [0.15, 0.2) is 0 Å². The van der Waals surface area contributed by atoms with Crippen LogP contribution in [0.1, 0.15) is 42.4 Å². The van der Waals surface area contributed by atoms with Crippen LogP contribution in [0, 0.1) is 0 Å². The standard InChI is InChI=1S/C34H34N6O5S/c1-34(2,3)30-23-31(37-33(42)36-26-11-15-28(16-12-26)45-22-19-24-17-20-35-21-18-24)40(38-30)27-13-9-25(10-14-27)32(41)39-46(43,44)29-7-5-4-6-8-29/h4-18,20-21,23H,19,22H2,1-3H3,(H,39,41)(H2,36,37,42). The first-order valence-corrected chi connectivity index (χ1v) is 16.0. The van der Waals surface area contributed by atoms with Gasteiger partial charge in [0.1, 0.15) is 11.6 Å². The molecule has 0 spiro atoms. The number of sulfonamides is 1. The molecule has 0 saturated carbocycles.